The van der Waals surface area contributed by atoms with Gasteiger partial charge < -0.3 is 16.0 Å². The van der Waals surface area contributed by atoms with E-state index >= 15 is 0 Å². The van der Waals surface area contributed by atoms with Gasteiger partial charge in [-0.1, -0.05) is 18.2 Å². The largest absolute Gasteiger partial charge is 0.352 e. The van der Waals surface area contributed by atoms with Gasteiger partial charge in [-0.15, -0.1) is 0 Å². The van der Waals surface area contributed by atoms with Crippen LogP contribution in [0.4, 0.5) is 5.69 Å². The first-order chi connectivity index (χ1) is 11.1. The number of para-hydroxylation sites is 1. The van der Waals surface area contributed by atoms with E-state index in [1.165, 1.54) is 0 Å². The highest BCUT2D eigenvalue weighted by Crippen LogP contribution is 2.27. The Labute approximate surface area is 137 Å². The number of nitrogens with one attached hydrogen (secondary N) is 3. The number of piperidine rings is 1. The second-order valence-corrected chi connectivity index (χ2v) is 6.65. The van der Waals surface area contributed by atoms with Crippen molar-refractivity contribution < 1.29 is 9.59 Å². The molecule has 2 heterocycles. The lowest BCUT2D eigenvalue weighted by molar-refractivity contribution is -0.123. The van der Waals surface area contributed by atoms with Gasteiger partial charge in [-0.3, -0.25) is 9.59 Å². The highest BCUT2D eigenvalue weighted by Gasteiger charge is 2.27. The first-order valence-corrected chi connectivity index (χ1v) is 8.55. The predicted molar refractivity (Wildman–Crippen MR) is 90.1 cm³/mol. The Morgan fingerprint density at radius 2 is 2.17 bits per heavy atom. The average Bonchev–Trinajstić information content (AvgIpc) is 2.55. The van der Waals surface area contributed by atoms with Gasteiger partial charge in [0.1, 0.15) is 0 Å². The molecular weight excluding hydrogens is 290 g/mol. The molecule has 1 aromatic rings. The van der Waals surface area contributed by atoms with E-state index in [0.29, 0.717) is 18.9 Å². The second-order valence-electron chi connectivity index (χ2n) is 6.65. The summed E-state index contributed by atoms with van der Waals surface area (Å²) >= 11 is 0. The number of hydrogen-bond donors (Lipinski definition) is 3. The van der Waals surface area contributed by atoms with Crippen LogP contribution < -0.4 is 16.0 Å². The quantitative estimate of drug-likeness (QED) is 0.794. The molecule has 124 valence electrons. The normalized spacial score (nSPS) is 27.0. The smallest absolute Gasteiger partial charge is 0.227 e. The number of rotatable bonds is 4. The van der Waals surface area contributed by atoms with Crippen LogP contribution in [-0.4, -0.2) is 30.4 Å². The minimum atomic E-state index is -0.113. The Bertz CT molecular complexity index is 587. The van der Waals surface area contributed by atoms with Crippen LogP contribution in [0.2, 0.25) is 0 Å². The molecule has 0 spiro atoms. The summed E-state index contributed by atoms with van der Waals surface area (Å²) in [5, 5.41) is 9.43. The van der Waals surface area contributed by atoms with Crippen LogP contribution >= 0.6 is 0 Å². The molecule has 23 heavy (non-hydrogen) atoms. The van der Waals surface area contributed by atoms with Crippen molar-refractivity contribution in [3.8, 4) is 0 Å². The molecule has 1 fully saturated rings. The van der Waals surface area contributed by atoms with Gasteiger partial charge in [0.2, 0.25) is 11.8 Å². The molecule has 2 amide bonds. The zero-order valence-electron chi connectivity index (χ0n) is 13.6. The summed E-state index contributed by atoms with van der Waals surface area (Å²) in [5.41, 5.74) is 2.06. The first kappa shape index (κ1) is 16.0. The Balaban J connectivity index is 1.50. The van der Waals surface area contributed by atoms with Gasteiger partial charge in [0.25, 0.3) is 0 Å². The van der Waals surface area contributed by atoms with Crippen molar-refractivity contribution in [2.24, 2.45) is 5.92 Å². The maximum absolute atomic E-state index is 12.2. The van der Waals surface area contributed by atoms with Crippen molar-refractivity contribution in [1.82, 2.24) is 10.6 Å². The van der Waals surface area contributed by atoms with E-state index < -0.39 is 0 Å². The van der Waals surface area contributed by atoms with Crippen LogP contribution in [0.15, 0.2) is 24.3 Å². The maximum atomic E-state index is 12.2. The topological polar surface area (TPSA) is 70.2 Å². The van der Waals surface area contributed by atoms with Crippen molar-refractivity contribution >= 4 is 17.5 Å². The summed E-state index contributed by atoms with van der Waals surface area (Å²) in [6, 6.07) is 8.39. The molecule has 2 aliphatic rings. The number of amides is 2. The summed E-state index contributed by atoms with van der Waals surface area (Å²) in [4.78, 5) is 24.3. The summed E-state index contributed by atoms with van der Waals surface area (Å²) in [7, 11) is 0. The van der Waals surface area contributed by atoms with Crippen LogP contribution in [-0.2, 0) is 16.0 Å². The molecule has 1 aromatic carbocycles. The van der Waals surface area contributed by atoms with Crippen molar-refractivity contribution in [3.63, 3.8) is 0 Å². The summed E-state index contributed by atoms with van der Waals surface area (Å²) in [6.07, 6.45) is 3.84. The van der Waals surface area contributed by atoms with Gasteiger partial charge in [0.15, 0.2) is 0 Å². The van der Waals surface area contributed by atoms with Crippen LogP contribution in [0.3, 0.4) is 0 Å². The van der Waals surface area contributed by atoms with E-state index in [-0.39, 0.29) is 23.8 Å². The minimum Gasteiger partial charge on any atom is -0.352 e. The van der Waals surface area contributed by atoms with Crippen LogP contribution in [0.25, 0.3) is 0 Å². The van der Waals surface area contributed by atoms with Crippen molar-refractivity contribution in [2.45, 2.75) is 51.1 Å². The van der Waals surface area contributed by atoms with Gasteiger partial charge in [0, 0.05) is 30.1 Å². The van der Waals surface area contributed by atoms with Crippen molar-refractivity contribution in [1.29, 1.82) is 0 Å². The lowest BCUT2D eigenvalue weighted by atomic mass is 9.89. The molecule has 3 unspecified atom stereocenters. The molecule has 1 saturated heterocycles. The van der Waals surface area contributed by atoms with E-state index in [0.717, 1.165) is 37.1 Å². The van der Waals surface area contributed by atoms with Gasteiger partial charge >= 0.3 is 0 Å². The second kappa shape index (κ2) is 7.13. The first-order valence-electron chi connectivity index (χ1n) is 8.55. The van der Waals surface area contributed by atoms with E-state index in [9.17, 15) is 9.59 Å². The fraction of sp³-hybridized carbons (Fsp3) is 0.556. The molecule has 3 rings (SSSR count). The molecule has 0 aromatic heterocycles. The van der Waals surface area contributed by atoms with Crippen molar-refractivity contribution in [3.05, 3.63) is 29.8 Å². The number of hydrogen-bond acceptors (Lipinski definition) is 3. The molecule has 3 atom stereocenters. The van der Waals surface area contributed by atoms with E-state index in [4.69, 9.17) is 0 Å². The molecule has 0 saturated carbocycles. The Hall–Kier alpha value is -1.88. The third-order valence-corrected chi connectivity index (χ3v) is 4.94. The number of fused-ring (bicyclic) bond motifs is 1. The lowest BCUT2D eigenvalue weighted by Gasteiger charge is -2.31. The highest BCUT2D eigenvalue weighted by molar-refractivity contribution is 5.96. The molecular formula is C18H25N3O2. The van der Waals surface area contributed by atoms with E-state index in [2.05, 4.69) is 22.9 Å². The lowest BCUT2D eigenvalue weighted by Crippen LogP contribution is -2.52. The van der Waals surface area contributed by atoms with Gasteiger partial charge in [-0.05, 0) is 50.8 Å². The molecule has 0 radical (unpaired) electrons. The molecule has 3 N–H and O–H groups in total. The van der Waals surface area contributed by atoms with Crippen LogP contribution in [0, 0.1) is 5.92 Å². The molecule has 2 aliphatic heterocycles. The highest BCUT2D eigenvalue weighted by atomic mass is 16.2. The third-order valence-electron chi connectivity index (χ3n) is 4.94. The monoisotopic (exact) mass is 315 g/mol. The number of benzene rings is 1. The van der Waals surface area contributed by atoms with Gasteiger partial charge in [0.05, 0.1) is 0 Å². The third kappa shape index (κ3) is 3.91. The zero-order chi connectivity index (χ0) is 16.2. The van der Waals surface area contributed by atoms with Gasteiger partial charge in [-0.25, -0.2) is 0 Å². The molecule has 5 nitrogen and oxygen atoms in total. The summed E-state index contributed by atoms with van der Waals surface area (Å²) < 4.78 is 0. The van der Waals surface area contributed by atoms with Gasteiger partial charge in [-0.2, -0.15) is 0 Å². The molecule has 0 bridgehead atoms. The standard InChI is InChI=1S/C18H25N3O2/c1-12-15(7-4-10-19-12)20-17(22)9-8-14-11-13-5-2-3-6-16(13)21-18(14)23/h2-3,5-6,12,14-15,19H,4,7-11H2,1H3,(H,20,22)(H,21,23). The number of carbonyl (C=O) groups is 2. The van der Waals surface area contributed by atoms with E-state index in [1.54, 1.807) is 0 Å². The summed E-state index contributed by atoms with van der Waals surface area (Å²) in [6.45, 7) is 3.13. The SMILES string of the molecule is CC1NCCCC1NC(=O)CCC1Cc2ccccc2NC1=O. The molecule has 5 heteroatoms. The predicted octanol–water partition coefficient (Wildman–Crippen LogP) is 1.83. The van der Waals surface area contributed by atoms with E-state index in [1.807, 2.05) is 24.3 Å². The maximum Gasteiger partial charge on any atom is 0.227 e. The molecule has 0 aliphatic carbocycles. The van der Waals surface area contributed by atoms with Crippen LogP contribution in [0.5, 0.6) is 0 Å². The Morgan fingerprint density at radius 3 is 3.00 bits per heavy atom. The fourth-order valence-corrected chi connectivity index (χ4v) is 3.47. The minimum absolute atomic E-state index is 0.0317. The Kier molecular flexibility index (Phi) is 4.96. The fourth-order valence-electron chi connectivity index (χ4n) is 3.47. The number of anilines is 1. The van der Waals surface area contributed by atoms with Crippen LogP contribution in [0.1, 0.15) is 38.2 Å². The van der Waals surface area contributed by atoms with Crippen molar-refractivity contribution in [2.75, 3.05) is 11.9 Å². The average molecular weight is 315 g/mol. The number of carbonyl (C=O) groups excluding carboxylic acids is 2. The zero-order valence-corrected chi connectivity index (χ0v) is 13.6. The summed E-state index contributed by atoms with van der Waals surface area (Å²) in [5.74, 6) is -0.0287. The Morgan fingerprint density at radius 1 is 1.35 bits per heavy atom.